The van der Waals surface area contributed by atoms with E-state index < -0.39 is 11.8 Å². The molecule has 0 N–H and O–H groups in total. The van der Waals surface area contributed by atoms with E-state index in [1.807, 2.05) is 18.3 Å². The fourth-order valence-corrected chi connectivity index (χ4v) is 5.85. The molecule has 0 amide bonds. The Kier molecular flexibility index (Phi) is 4.30. The third-order valence-electron chi connectivity index (χ3n) is 6.68. The Labute approximate surface area is 164 Å². The second kappa shape index (κ2) is 6.84. The Balaban J connectivity index is 1.26. The van der Waals surface area contributed by atoms with E-state index in [0.29, 0.717) is 5.75 Å². The van der Waals surface area contributed by atoms with Gasteiger partial charge in [0, 0.05) is 6.21 Å². The van der Waals surface area contributed by atoms with Crippen molar-refractivity contribution < 1.29 is 13.9 Å². The van der Waals surface area contributed by atoms with Gasteiger partial charge < -0.3 is 4.74 Å². The first-order valence-corrected chi connectivity index (χ1v) is 10.2. The van der Waals surface area contributed by atoms with Crippen molar-refractivity contribution in [2.24, 2.45) is 22.7 Å². The van der Waals surface area contributed by atoms with Crippen molar-refractivity contribution >= 4 is 12.2 Å². The molecule has 28 heavy (non-hydrogen) atoms. The maximum absolute atomic E-state index is 13.7. The largest absolute Gasteiger partial charge is 0.423 e. The molecule has 6 rings (SSSR count). The van der Waals surface area contributed by atoms with Gasteiger partial charge in [0.1, 0.15) is 11.6 Å². The topological polar surface area (TPSA) is 38.7 Å². The molecule has 0 aromatic heterocycles. The molecule has 4 bridgehead atoms. The first-order valence-electron chi connectivity index (χ1n) is 10.2. The summed E-state index contributed by atoms with van der Waals surface area (Å²) in [5.41, 5.74) is 1.10. The van der Waals surface area contributed by atoms with Crippen LogP contribution in [0.15, 0.2) is 53.5 Å². The third-order valence-corrected chi connectivity index (χ3v) is 6.68. The summed E-state index contributed by atoms with van der Waals surface area (Å²) in [6.45, 7) is 0. The summed E-state index contributed by atoms with van der Waals surface area (Å²) in [5, 5.41) is 0. The lowest BCUT2D eigenvalue weighted by Gasteiger charge is -2.54. The molecule has 0 aliphatic heterocycles. The fourth-order valence-electron chi connectivity index (χ4n) is 5.85. The average molecular weight is 377 g/mol. The van der Waals surface area contributed by atoms with Crippen LogP contribution in [0.1, 0.15) is 54.4 Å². The van der Waals surface area contributed by atoms with E-state index in [1.165, 1.54) is 50.7 Å². The van der Waals surface area contributed by atoms with E-state index in [1.54, 1.807) is 24.3 Å². The standard InChI is InChI=1S/C24H24FNO2/c25-22-4-2-1-3-21(22)23(27)28-20-7-5-16(6-8-20)15-26-24-12-17-9-18(13-24)11-19(10-17)14-24/h1-8,15,17-19H,9-14H2. The van der Waals surface area contributed by atoms with Crippen LogP contribution >= 0.6 is 0 Å². The highest BCUT2D eigenvalue weighted by atomic mass is 19.1. The maximum atomic E-state index is 13.7. The lowest BCUT2D eigenvalue weighted by atomic mass is 9.53. The minimum absolute atomic E-state index is 0.0602. The van der Waals surface area contributed by atoms with Gasteiger partial charge in [0.05, 0.1) is 11.1 Å². The minimum Gasteiger partial charge on any atom is -0.423 e. The van der Waals surface area contributed by atoms with Crippen LogP contribution < -0.4 is 4.74 Å². The normalized spacial score (nSPS) is 30.7. The molecular formula is C24H24FNO2. The fraction of sp³-hybridized carbons (Fsp3) is 0.417. The molecule has 0 atom stereocenters. The Morgan fingerprint density at radius 2 is 1.57 bits per heavy atom. The van der Waals surface area contributed by atoms with Crippen LogP contribution in [0.5, 0.6) is 5.75 Å². The van der Waals surface area contributed by atoms with Crippen LogP contribution in [0.3, 0.4) is 0 Å². The number of hydrogen-bond acceptors (Lipinski definition) is 3. The molecule has 2 aromatic carbocycles. The van der Waals surface area contributed by atoms with Crippen molar-refractivity contribution in [3.8, 4) is 5.75 Å². The quantitative estimate of drug-likeness (QED) is 0.405. The van der Waals surface area contributed by atoms with Crippen LogP contribution in [-0.2, 0) is 0 Å². The number of esters is 1. The zero-order chi connectivity index (χ0) is 19.1. The zero-order valence-electron chi connectivity index (χ0n) is 15.8. The summed E-state index contributed by atoms with van der Waals surface area (Å²) in [4.78, 5) is 17.2. The summed E-state index contributed by atoms with van der Waals surface area (Å²) in [6.07, 6.45) is 9.95. The van der Waals surface area contributed by atoms with E-state index >= 15 is 0 Å². The molecule has 0 radical (unpaired) electrons. The van der Waals surface area contributed by atoms with E-state index in [-0.39, 0.29) is 11.1 Å². The monoisotopic (exact) mass is 377 g/mol. The molecule has 144 valence electrons. The van der Waals surface area contributed by atoms with Crippen LogP contribution in [0, 0.1) is 23.6 Å². The van der Waals surface area contributed by atoms with Gasteiger partial charge in [-0.05, 0) is 98.2 Å². The smallest absolute Gasteiger partial charge is 0.346 e. The second-order valence-electron chi connectivity index (χ2n) is 8.84. The molecule has 0 heterocycles. The third kappa shape index (κ3) is 3.36. The van der Waals surface area contributed by atoms with Gasteiger partial charge in [0.15, 0.2) is 0 Å². The van der Waals surface area contributed by atoms with Gasteiger partial charge in [-0.3, -0.25) is 4.99 Å². The number of carbonyl (C=O) groups is 1. The minimum atomic E-state index is -0.687. The molecule has 4 heteroatoms. The van der Waals surface area contributed by atoms with Gasteiger partial charge >= 0.3 is 5.97 Å². The number of nitrogens with zero attached hydrogens (tertiary/aromatic N) is 1. The Bertz CT molecular complexity index is 883. The van der Waals surface area contributed by atoms with Gasteiger partial charge in [-0.25, -0.2) is 9.18 Å². The van der Waals surface area contributed by atoms with Crippen LogP contribution in [0.25, 0.3) is 0 Å². The highest BCUT2D eigenvalue weighted by molar-refractivity contribution is 5.91. The molecule has 4 saturated carbocycles. The zero-order valence-corrected chi connectivity index (χ0v) is 15.8. The van der Waals surface area contributed by atoms with Gasteiger partial charge in [-0.15, -0.1) is 0 Å². The SMILES string of the molecule is O=C(Oc1ccc(C=NC23CC4CC(CC(C4)C2)C3)cc1)c1ccccc1F. The molecule has 4 fully saturated rings. The van der Waals surface area contributed by atoms with E-state index in [2.05, 4.69) is 0 Å². The van der Waals surface area contributed by atoms with Gasteiger partial charge in [-0.2, -0.15) is 0 Å². The Hall–Kier alpha value is -2.49. The van der Waals surface area contributed by atoms with Crippen LogP contribution in [0.2, 0.25) is 0 Å². The maximum Gasteiger partial charge on any atom is 0.346 e. The molecule has 4 aliphatic carbocycles. The molecular weight excluding hydrogens is 353 g/mol. The van der Waals surface area contributed by atoms with Gasteiger partial charge in [0.25, 0.3) is 0 Å². The second-order valence-corrected chi connectivity index (χ2v) is 8.84. The van der Waals surface area contributed by atoms with E-state index in [9.17, 15) is 9.18 Å². The highest BCUT2D eigenvalue weighted by Gasteiger charge is 2.50. The lowest BCUT2D eigenvalue weighted by Crippen LogP contribution is -2.49. The highest BCUT2D eigenvalue weighted by Crippen LogP contribution is 2.57. The van der Waals surface area contributed by atoms with Gasteiger partial charge in [0.2, 0.25) is 0 Å². The Morgan fingerprint density at radius 3 is 2.18 bits per heavy atom. The van der Waals surface area contributed by atoms with E-state index in [0.717, 1.165) is 23.3 Å². The molecule has 0 saturated heterocycles. The number of rotatable bonds is 4. The van der Waals surface area contributed by atoms with Crippen molar-refractivity contribution in [1.29, 1.82) is 0 Å². The Morgan fingerprint density at radius 1 is 0.964 bits per heavy atom. The summed E-state index contributed by atoms with van der Waals surface area (Å²) in [7, 11) is 0. The van der Waals surface area contributed by atoms with Crippen LogP contribution in [0.4, 0.5) is 4.39 Å². The number of halogens is 1. The van der Waals surface area contributed by atoms with Crippen molar-refractivity contribution in [1.82, 2.24) is 0 Å². The molecule has 2 aromatic rings. The van der Waals surface area contributed by atoms with Crippen molar-refractivity contribution in [2.75, 3.05) is 0 Å². The molecule has 4 aliphatic rings. The predicted molar refractivity (Wildman–Crippen MR) is 106 cm³/mol. The van der Waals surface area contributed by atoms with Crippen molar-refractivity contribution in [3.63, 3.8) is 0 Å². The summed E-state index contributed by atoms with van der Waals surface area (Å²) >= 11 is 0. The number of carbonyl (C=O) groups excluding carboxylic acids is 1. The first-order chi connectivity index (χ1) is 13.6. The van der Waals surface area contributed by atoms with Crippen molar-refractivity contribution in [2.45, 2.75) is 44.1 Å². The summed E-state index contributed by atoms with van der Waals surface area (Å²) < 4.78 is 19.0. The average Bonchev–Trinajstić information content (AvgIpc) is 2.67. The van der Waals surface area contributed by atoms with Crippen LogP contribution in [-0.4, -0.2) is 17.7 Å². The van der Waals surface area contributed by atoms with Gasteiger partial charge in [-0.1, -0.05) is 12.1 Å². The first kappa shape index (κ1) is 17.6. The number of benzene rings is 2. The summed E-state index contributed by atoms with van der Waals surface area (Å²) in [6, 6.07) is 13.1. The molecule has 0 spiro atoms. The van der Waals surface area contributed by atoms with E-state index in [4.69, 9.17) is 9.73 Å². The number of ether oxygens (including phenoxy) is 1. The molecule has 0 unspecified atom stereocenters. The number of aliphatic imine (C=N–C) groups is 1. The molecule has 3 nitrogen and oxygen atoms in total. The number of hydrogen-bond donors (Lipinski definition) is 0. The summed E-state index contributed by atoms with van der Waals surface area (Å²) in [5.74, 6) is 1.77. The predicted octanol–water partition coefficient (Wildman–Crippen LogP) is 5.43. The lowest BCUT2D eigenvalue weighted by molar-refractivity contribution is 0.00194. The van der Waals surface area contributed by atoms with Crippen molar-refractivity contribution in [3.05, 3.63) is 65.5 Å².